The Morgan fingerprint density at radius 3 is 2.62 bits per heavy atom. The van der Waals surface area contributed by atoms with E-state index in [1.54, 1.807) is 6.07 Å². The predicted molar refractivity (Wildman–Crippen MR) is 68.9 cm³/mol. The number of anilines is 1. The third kappa shape index (κ3) is 3.20. The molecule has 88 valence electrons. The Morgan fingerprint density at radius 1 is 1.50 bits per heavy atom. The number of rotatable bonds is 4. The highest BCUT2D eigenvalue weighted by molar-refractivity contribution is 9.10. The summed E-state index contributed by atoms with van der Waals surface area (Å²) in [7, 11) is 1.87. The van der Waals surface area contributed by atoms with Gasteiger partial charge in [-0.05, 0) is 18.1 Å². The summed E-state index contributed by atoms with van der Waals surface area (Å²) in [5.41, 5.74) is 0.791. The van der Waals surface area contributed by atoms with Crippen molar-refractivity contribution in [3.05, 3.63) is 32.8 Å². The van der Waals surface area contributed by atoms with Gasteiger partial charge in [-0.3, -0.25) is 10.1 Å². The standard InChI is InChI=1S/C11H15BrN2O2/c1-8(2)7-13(3)10-5-4-9(12)6-11(10)14(15)16/h4-6,8H,7H2,1-3H3. The van der Waals surface area contributed by atoms with Gasteiger partial charge in [-0.15, -0.1) is 0 Å². The molecular weight excluding hydrogens is 272 g/mol. The molecule has 4 nitrogen and oxygen atoms in total. The molecule has 0 spiro atoms. The summed E-state index contributed by atoms with van der Waals surface area (Å²) in [6, 6.07) is 5.12. The summed E-state index contributed by atoms with van der Waals surface area (Å²) in [4.78, 5) is 12.5. The van der Waals surface area contributed by atoms with Gasteiger partial charge in [0.2, 0.25) is 0 Å². The average Bonchev–Trinajstić information content (AvgIpc) is 2.16. The molecule has 0 N–H and O–H groups in total. The number of hydrogen-bond acceptors (Lipinski definition) is 3. The molecule has 0 aliphatic heterocycles. The largest absolute Gasteiger partial charge is 0.369 e. The maximum atomic E-state index is 10.9. The average molecular weight is 287 g/mol. The van der Waals surface area contributed by atoms with Crippen molar-refractivity contribution < 1.29 is 4.92 Å². The minimum absolute atomic E-state index is 0.137. The zero-order valence-electron chi connectivity index (χ0n) is 9.61. The van der Waals surface area contributed by atoms with Gasteiger partial charge in [0.15, 0.2) is 0 Å². The summed E-state index contributed by atoms with van der Waals surface area (Å²) in [6.45, 7) is 4.96. The van der Waals surface area contributed by atoms with Gasteiger partial charge in [-0.1, -0.05) is 29.8 Å². The van der Waals surface area contributed by atoms with Crippen molar-refractivity contribution in [3.8, 4) is 0 Å². The Bertz CT molecular complexity index is 394. The summed E-state index contributed by atoms with van der Waals surface area (Å²) < 4.78 is 0.723. The SMILES string of the molecule is CC(C)CN(C)c1ccc(Br)cc1[N+](=O)[O-]. The van der Waals surface area contributed by atoms with Gasteiger partial charge in [0.05, 0.1) is 4.92 Å². The Kier molecular flexibility index (Phi) is 4.29. The molecule has 0 fully saturated rings. The molecule has 0 aromatic heterocycles. The van der Waals surface area contributed by atoms with E-state index in [2.05, 4.69) is 29.8 Å². The first-order chi connectivity index (χ1) is 7.41. The number of benzene rings is 1. The zero-order chi connectivity index (χ0) is 12.3. The topological polar surface area (TPSA) is 46.4 Å². The molecule has 5 heteroatoms. The lowest BCUT2D eigenvalue weighted by Gasteiger charge is -2.21. The van der Waals surface area contributed by atoms with E-state index in [-0.39, 0.29) is 10.6 Å². The summed E-state index contributed by atoms with van der Waals surface area (Å²) in [6.07, 6.45) is 0. The molecule has 0 saturated carbocycles. The van der Waals surface area contributed by atoms with Crippen molar-refractivity contribution >= 4 is 27.3 Å². The highest BCUT2D eigenvalue weighted by Crippen LogP contribution is 2.30. The number of halogens is 1. The highest BCUT2D eigenvalue weighted by Gasteiger charge is 2.17. The molecular formula is C11H15BrN2O2. The lowest BCUT2D eigenvalue weighted by molar-refractivity contribution is -0.384. The second kappa shape index (κ2) is 5.30. The van der Waals surface area contributed by atoms with Crippen molar-refractivity contribution in [3.63, 3.8) is 0 Å². The fourth-order valence-corrected chi connectivity index (χ4v) is 1.96. The van der Waals surface area contributed by atoms with Crippen LogP contribution in [0.3, 0.4) is 0 Å². The van der Waals surface area contributed by atoms with Crippen LogP contribution < -0.4 is 4.90 Å². The molecule has 0 saturated heterocycles. The normalized spacial score (nSPS) is 10.6. The van der Waals surface area contributed by atoms with Crippen LogP contribution in [0.5, 0.6) is 0 Å². The maximum absolute atomic E-state index is 10.9. The zero-order valence-corrected chi connectivity index (χ0v) is 11.2. The van der Waals surface area contributed by atoms with E-state index in [0.29, 0.717) is 11.6 Å². The number of hydrogen-bond donors (Lipinski definition) is 0. The maximum Gasteiger partial charge on any atom is 0.293 e. The van der Waals surface area contributed by atoms with Crippen LogP contribution in [0.15, 0.2) is 22.7 Å². The molecule has 0 radical (unpaired) electrons. The van der Waals surface area contributed by atoms with Gasteiger partial charge in [0, 0.05) is 24.1 Å². The molecule has 0 atom stereocenters. The van der Waals surface area contributed by atoms with E-state index in [4.69, 9.17) is 0 Å². The van der Waals surface area contributed by atoms with Crippen LogP contribution in [0.4, 0.5) is 11.4 Å². The van der Waals surface area contributed by atoms with Crippen LogP contribution in [0, 0.1) is 16.0 Å². The number of nitrogens with zero attached hydrogens (tertiary/aromatic N) is 2. The van der Waals surface area contributed by atoms with Gasteiger partial charge < -0.3 is 4.90 Å². The van der Waals surface area contributed by atoms with Crippen LogP contribution in [-0.2, 0) is 0 Å². The third-order valence-corrected chi connectivity index (χ3v) is 2.68. The van der Waals surface area contributed by atoms with Crippen molar-refractivity contribution in [1.29, 1.82) is 0 Å². The Morgan fingerprint density at radius 2 is 2.12 bits per heavy atom. The molecule has 16 heavy (non-hydrogen) atoms. The number of nitro groups is 1. The quantitative estimate of drug-likeness (QED) is 0.629. The van der Waals surface area contributed by atoms with Gasteiger partial charge in [-0.2, -0.15) is 0 Å². The van der Waals surface area contributed by atoms with E-state index >= 15 is 0 Å². The van der Waals surface area contributed by atoms with Crippen LogP contribution in [0.25, 0.3) is 0 Å². The summed E-state index contributed by atoms with van der Waals surface area (Å²) in [5.74, 6) is 0.466. The Labute approximate surface area is 104 Å². The van der Waals surface area contributed by atoms with Crippen molar-refractivity contribution in [2.24, 2.45) is 5.92 Å². The first-order valence-electron chi connectivity index (χ1n) is 5.07. The Hall–Kier alpha value is -1.10. The minimum Gasteiger partial charge on any atom is -0.369 e. The monoisotopic (exact) mass is 286 g/mol. The first-order valence-corrected chi connectivity index (χ1v) is 5.86. The van der Waals surface area contributed by atoms with Crippen molar-refractivity contribution in [2.45, 2.75) is 13.8 Å². The number of nitro benzene ring substituents is 1. The van der Waals surface area contributed by atoms with Crippen LogP contribution in [0.1, 0.15) is 13.8 Å². The molecule has 1 aromatic carbocycles. The van der Waals surface area contributed by atoms with E-state index in [0.717, 1.165) is 11.0 Å². The molecule has 0 bridgehead atoms. The second-order valence-electron chi connectivity index (χ2n) is 4.16. The van der Waals surface area contributed by atoms with Crippen LogP contribution >= 0.6 is 15.9 Å². The van der Waals surface area contributed by atoms with E-state index in [1.807, 2.05) is 18.0 Å². The smallest absolute Gasteiger partial charge is 0.293 e. The van der Waals surface area contributed by atoms with Gasteiger partial charge >= 0.3 is 0 Å². The lowest BCUT2D eigenvalue weighted by atomic mass is 10.2. The molecule has 1 aromatic rings. The van der Waals surface area contributed by atoms with Gasteiger partial charge in [0.25, 0.3) is 5.69 Å². The molecule has 0 heterocycles. The van der Waals surface area contributed by atoms with Crippen molar-refractivity contribution in [1.82, 2.24) is 0 Å². The fourth-order valence-electron chi connectivity index (χ4n) is 1.61. The second-order valence-corrected chi connectivity index (χ2v) is 5.08. The van der Waals surface area contributed by atoms with Gasteiger partial charge in [0.1, 0.15) is 5.69 Å². The fraction of sp³-hybridized carbons (Fsp3) is 0.455. The molecule has 0 unspecified atom stereocenters. The van der Waals surface area contributed by atoms with Gasteiger partial charge in [-0.25, -0.2) is 0 Å². The highest BCUT2D eigenvalue weighted by atomic mass is 79.9. The van der Waals surface area contributed by atoms with Crippen LogP contribution in [-0.4, -0.2) is 18.5 Å². The summed E-state index contributed by atoms with van der Waals surface area (Å²) in [5, 5.41) is 10.9. The lowest BCUT2D eigenvalue weighted by Crippen LogP contribution is -2.23. The molecule has 1 rings (SSSR count). The summed E-state index contributed by atoms with van der Waals surface area (Å²) >= 11 is 3.24. The molecule has 0 amide bonds. The molecule has 0 aliphatic carbocycles. The molecule has 0 aliphatic rings. The van der Waals surface area contributed by atoms with Crippen LogP contribution in [0.2, 0.25) is 0 Å². The third-order valence-electron chi connectivity index (χ3n) is 2.18. The first kappa shape index (κ1) is 13.0. The Balaban J connectivity index is 3.07. The minimum atomic E-state index is -0.350. The predicted octanol–water partition coefficient (Wildman–Crippen LogP) is 3.45. The van der Waals surface area contributed by atoms with E-state index < -0.39 is 0 Å². The van der Waals surface area contributed by atoms with E-state index in [9.17, 15) is 10.1 Å². The van der Waals surface area contributed by atoms with E-state index in [1.165, 1.54) is 6.07 Å². The van der Waals surface area contributed by atoms with Crippen molar-refractivity contribution in [2.75, 3.05) is 18.5 Å².